The zero-order valence-corrected chi connectivity index (χ0v) is 16.6. The number of aryl methyl sites for hydroxylation is 1. The number of anilines is 1. The minimum Gasteiger partial charge on any atom is -0.461 e. The van der Waals surface area contributed by atoms with Gasteiger partial charge in [0, 0.05) is 11.9 Å². The van der Waals surface area contributed by atoms with Crippen molar-refractivity contribution in [2.45, 2.75) is 26.6 Å². The summed E-state index contributed by atoms with van der Waals surface area (Å²) in [6.45, 7) is 3.74. The molecule has 0 bridgehead atoms. The highest BCUT2D eigenvalue weighted by Crippen LogP contribution is 2.29. The Morgan fingerprint density at radius 3 is 2.42 bits per heavy atom. The second-order valence-electron chi connectivity index (χ2n) is 6.48. The van der Waals surface area contributed by atoms with Gasteiger partial charge in [-0.15, -0.1) is 5.10 Å². The predicted octanol–water partition coefficient (Wildman–Crippen LogP) is 3.48. The molecule has 2 aromatic heterocycles. The van der Waals surface area contributed by atoms with Crippen LogP contribution in [0, 0.1) is 6.92 Å². The fourth-order valence-electron chi connectivity index (χ4n) is 2.73. The fraction of sp³-hybridized carbons (Fsp3) is 0.250. The van der Waals surface area contributed by atoms with Crippen molar-refractivity contribution in [2.24, 2.45) is 0 Å². The smallest absolute Gasteiger partial charge is 0.416 e. The lowest BCUT2D eigenvalue weighted by Crippen LogP contribution is -2.16. The van der Waals surface area contributed by atoms with Crippen LogP contribution >= 0.6 is 0 Å². The largest absolute Gasteiger partial charge is 0.461 e. The summed E-state index contributed by atoms with van der Waals surface area (Å²) in [5.74, 6) is -1.11. The number of carbonyl (C=O) groups is 2. The summed E-state index contributed by atoms with van der Waals surface area (Å²) >= 11 is 0. The van der Waals surface area contributed by atoms with Crippen molar-refractivity contribution in [3.63, 3.8) is 0 Å². The van der Waals surface area contributed by atoms with Crippen LogP contribution in [-0.2, 0) is 17.5 Å². The summed E-state index contributed by atoms with van der Waals surface area (Å²) in [4.78, 5) is 28.5. The highest BCUT2D eigenvalue weighted by molar-refractivity contribution is 6.02. The molecule has 3 rings (SSSR count). The number of halogens is 3. The molecule has 0 fully saturated rings. The average molecular weight is 433 g/mol. The molecule has 0 aliphatic heterocycles. The molecule has 0 radical (unpaired) electrons. The van der Waals surface area contributed by atoms with E-state index in [9.17, 15) is 22.8 Å². The maximum absolute atomic E-state index is 12.6. The maximum Gasteiger partial charge on any atom is 0.416 e. The molecule has 0 atom stereocenters. The number of hydrogen-bond donors (Lipinski definition) is 1. The topological polar surface area (TPSA) is 99.0 Å². The van der Waals surface area contributed by atoms with Crippen molar-refractivity contribution >= 4 is 17.6 Å². The number of nitrogens with one attached hydrogen (secondary N) is 1. The van der Waals surface area contributed by atoms with Gasteiger partial charge in [0.2, 0.25) is 0 Å². The molecule has 0 aliphatic carbocycles. The molecule has 11 heteroatoms. The normalized spacial score (nSPS) is 11.3. The monoisotopic (exact) mass is 433 g/mol. The molecule has 2 heterocycles. The van der Waals surface area contributed by atoms with Crippen molar-refractivity contribution < 1.29 is 27.5 Å². The standard InChI is InChI=1S/C20H18F3N5O3/c1-3-31-19(30)17-12(2)26-27-28(17)11-13-4-9-16(24-10-13)18(29)25-15-7-5-14(6-8-15)20(21,22)23/h4-10H,3,11H2,1-2H3,(H,25,29). The van der Waals surface area contributed by atoms with Gasteiger partial charge < -0.3 is 10.1 Å². The Labute approximate surface area is 175 Å². The molecular weight excluding hydrogens is 415 g/mol. The van der Waals surface area contributed by atoms with E-state index in [1.54, 1.807) is 19.9 Å². The third-order valence-electron chi connectivity index (χ3n) is 4.23. The molecule has 0 saturated carbocycles. The quantitative estimate of drug-likeness (QED) is 0.598. The van der Waals surface area contributed by atoms with E-state index in [1.165, 1.54) is 29.1 Å². The molecular formula is C20H18F3N5O3. The highest BCUT2D eigenvalue weighted by Gasteiger charge is 2.30. The minimum atomic E-state index is -4.45. The lowest BCUT2D eigenvalue weighted by atomic mass is 10.2. The number of carbonyl (C=O) groups excluding carboxylic acids is 2. The summed E-state index contributed by atoms with van der Waals surface area (Å²) < 4.78 is 44.2. The Balaban J connectivity index is 1.68. The van der Waals surface area contributed by atoms with Gasteiger partial charge in [-0.3, -0.25) is 9.78 Å². The van der Waals surface area contributed by atoms with E-state index in [0.717, 1.165) is 12.1 Å². The number of rotatable bonds is 6. The molecule has 31 heavy (non-hydrogen) atoms. The zero-order chi connectivity index (χ0) is 22.6. The zero-order valence-electron chi connectivity index (χ0n) is 16.6. The van der Waals surface area contributed by atoms with Crippen LogP contribution in [0.1, 0.15) is 44.7 Å². The number of hydrogen-bond acceptors (Lipinski definition) is 6. The van der Waals surface area contributed by atoms with Crippen LogP contribution in [0.5, 0.6) is 0 Å². The lowest BCUT2D eigenvalue weighted by molar-refractivity contribution is -0.137. The Hall–Kier alpha value is -3.76. The number of pyridine rings is 1. The molecule has 1 aromatic carbocycles. The molecule has 8 nitrogen and oxygen atoms in total. The van der Waals surface area contributed by atoms with Gasteiger partial charge in [0.25, 0.3) is 5.91 Å². The van der Waals surface area contributed by atoms with Crippen LogP contribution in [0.4, 0.5) is 18.9 Å². The summed E-state index contributed by atoms with van der Waals surface area (Å²) in [5, 5.41) is 10.3. The predicted molar refractivity (Wildman–Crippen MR) is 103 cm³/mol. The van der Waals surface area contributed by atoms with Crippen LogP contribution < -0.4 is 5.32 Å². The second kappa shape index (κ2) is 8.94. The summed E-state index contributed by atoms with van der Waals surface area (Å²) in [7, 11) is 0. The van der Waals surface area contributed by atoms with E-state index in [1.807, 2.05) is 0 Å². The van der Waals surface area contributed by atoms with E-state index in [0.29, 0.717) is 11.3 Å². The summed E-state index contributed by atoms with van der Waals surface area (Å²) in [5.41, 5.74) is 0.787. The Kier molecular flexibility index (Phi) is 6.33. The summed E-state index contributed by atoms with van der Waals surface area (Å²) in [6.07, 6.45) is -3.01. The van der Waals surface area contributed by atoms with Gasteiger partial charge in [0.1, 0.15) is 5.69 Å². The molecule has 3 aromatic rings. The van der Waals surface area contributed by atoms with Crippen molar-refractivity contribution in [1.82, 2.24) is 20.0 Å². The molecule has 162 valence electrons. The first-order chi connectivity index (χ1) is 14.7. The number of aromatic nitrogens is 4. The maximum atomic E-state index is 12.6. The average Bonchev–Trinajstić information content (AvgIpc) is 3.08. The van der Waals surface area contributed by atoms with E-state index in [-0.39, 0.29) is 30.2 Å². The van der Waals surface area contributed by atoms with Gasteiger partial charge in [-0.1, -0.05) is 11.3 Å². The van der Waals surface area contributed by atoms with Gasteiger partial charge in [-0.2, -0.15) is 13.2 Å². The summed E-state index contributed by atoms with van der Waals surface area (Å²) in [6, 6.07) is 7.18. The van der Waals surface area contributed by atoms with Crippen LogP contribution in [0.2, 0.25) is 0 Å². The third kappa shape index (κ3) is 5.24. The molecule has 0 unspecified atom stereocenters. The number of amides is 1. The van der Waals surface area contributed by atoms with E-state index in [2.05, 4.69) is 20.6 Å². The molecule has 0 saturated heterocycles. The van der Waals surface area contributed by atoms with Crippen molar-refractivity contribution in [3.8, 4) is 0 Å². The van der Waals surface area contributed by atoms with Gasteiger partial charge in [-0.05, 0) is 49.7 Å². The first-order valence-corrected chi connectivity index (χ1v) is 9.19. The van der Waals surface area contributed by atoms with Gasteiger partial charge in [-0.25, -0.2) is 9.48 Å². The van der Waals surface area contributed by atoms with Crippen molar-refractivity contribution in [2.75, 3.05) is 11.9 Å². The number of nitrogens with zero attached hydrogens (tertiary/aromatic N) is 4. The number of benzene rings is 1. The third-order valence-corrected chi connectivity index (χ3v) is 4.23. The lowest BCUT2D eigenvalue weighted by Gasteiger charge is -2.09. The van der Waals surface area contributed by atoms with Gasteiger partial charge >= 0.3 is 12.1 Å². The highest BCUT2D eigenvalue weighted by atomic mass is 19.4. The number of esters is 1. The van der Waals surface area contributed by atoms with Gasteiger partial charge in [0.15, 0.2) is 5.69 Å². The molecule has 1 N–H and O–H groups in total. The van der Waals surface area contributed by atoms with Crippen molar-refractivity contribution in [1.29, 1.82) is 0 Å². The van der Waals surface area contributed by atoms with Crippen LogP contribution in [0.25, 0.3) is 0 Å². The van der Waals surface area contributed by atoms with Crippen LogP contribution in [-0.4, -0.2) is 38.5 Å². The number of ether oxygens (including phenoxy) is 1. The first kappa shape index (κ1) is 21.9. The van der Waals surface area contributed by atoms with Gasteiger partial charge in [0.05, 0.1) is 24.4 Å². The SMILES string of the molecule is CCOC(=O)c1c(C)nnn1Cc1ccc(C(=O)Nc2ccc(C(F)(F)F)cc2)nc1. The van der Waals surface area contributed by atoms with E-state index in [4.69, 9.17) is 4.74 Å². The Morgan fingerprint density at radius 2 is 1.84 bits per heavy atom. The minimum absolute atomic E-state index is 0.0732. The number of alkyl halides is 3. The fourth-order valence-corrected chi connectivity index (χ4v) is 2.73. The van der Waals surface area contributed by atoms with E-state index >= 15 is 0 Å². The van der Waals surface area contributed by atoms with Crippen molar-refractivity contribution in [3.05, 3.63) is 70.8 Å². The molecule has 1 amide bonds. The Morgan fingerprint density at radius 1 is 1.13 bits per heavy atom. The second-order valence-corrected chi connectivity index (χ2v) is 6.48. The molecule has 0 aliphatic rings. The first-order valence-electron chi connectivity index (χ1n) is 9.19. The van der Waals surface area contributed by atoms with E-state index < -0.39 is 23.6 Å². The van der Waals surface area contributed by atoms with Crippen LogP contribution in [0.3, 0.4) is 0 Å². The molecule has 0 spiro atoms. The van der Waals surface area contributed by atoms with Crippen LogP contribution in [0.15, 0.2) is 42.6 Å². The Bertz CT molecular complexity index is 1080.